The molecule has 0 aliphatic rings. The number of rotatable bonds is 6. The van der Waals surface area contributed by atoms with Crippen LogP contribution in [0.1, 0.15) is 15.9 Å². The molecular formula is C17H20N2O2. The normalized spacial score (nSPS) is 10.2. The van der Waals surface area contributed by atoms with Crippen LogP contribution in [0.4, 0.5) is 11.4 Å². The molecule has 0 saturated carbocycles. The molecule has 1 amide bonds. The Morgan fingerprint density at radius 3 is 2.48 bits per heavy atom. The van der Waals surface area contributed by atoms with Crippen LogP contribution >= 0.6 is 0 Å². The lowest BCUT2D eigenvalue weighted by Gasteiger charge is -2.08. The molecule has 0 bridgehead atoms. The zero-order valence-corrected chi connectivity index (χ0v) is 12.3. The van der Waals surface area contributed by atoms with E-state index in [0.29, 0.717) is 12.2 Å². The fourth-order valence-corrected chi connectivity index (χ4v) is 1.96. The first-order valence-electron chi connectivity index (χ1n) is 6.90. The van der Waals surface area contributed by atoms with Gasteiger partial charge in [0.1, 0.15) is 0 Å². The summed E-state index contributed by atoms with van der Waals surface area (Å²) in [7, 11) is 1.67. The van der Waals surface area contributed by atoms with Gasteiger partial charge in [-0.2, -0.15) is 0 Å². The third kappa shape index (κ3) is 4.61. The van der Waals surface area contributed by atoms with Crippen molar-refractivity contribution in [3.63, 3.8) is 0 Å². The fraction of sp³-hybridized carbons (Fsp3) is 0.235. The molecule has 0 aliphatic heterocycles. The molecule has 4 heteroatoms. The van der Waals surface area contributed by atoms with Gasteiger partial charge in [0.25, 0.3) is 5.91 Å². The maximum Gasteiger partial charge on any atom is 0.255 e. The molecule has 2 aromatic rings. The first kappa shape index (κ1) is 15.1. The standard InChI is InChI=1S/C17H20N2O2/c1-13-4-3-5-14(12-13)17(20)19-16-8-6-15(7-9-16)18-10-11-21-2/h3-9,12,18H,10-11H2,1-2H3,(H,19,20). The number of benzene rings is 2. The van der Waals surface area contributed by atoms with E-state index in [1.807, 2.05) is 55.5 Å². The van der Waals surface area contributed by atoms with Crippen molar-refractivity contribution in [1.29, 1.82) is 0 Å². The molecule has 110 valence electrons. The van der Waals surface area contributed by atoms with Crippen molar-refractivity contribution in [2.24, 2.45) is 0 Å². The van der Waals surface area contributed by atoms with Crippen molar-refractivity contribution in [3.05, 3.63) is 59.7 Å². The van der Waals surface area contributed by atoms with E-state index in [4.69, 9.17) is 4.74 Å². The van der Waals surface area contributed by atoms with E-state index in [2.05, 4.69) is 10.6 Å². The van der Waals surface area contributed by atoms with Crippen molar-refractivity contribution in [3.8, 4) is 0 Å². The largest absolute Gasteiger partial charge is 0.383 e. The van der Waals surface area contributed by atoms with Gasteiger partial charge in [-0.1, -0.05) is 17.7 Å². The number of hydrogen-bond acceptors (Lipinski definition) is 3. The molecule has 0 heterocycles. The monoisotopic (exact) mass is 284 g/mol. The Bertz CT molecular complexity index is 594. The van der Waals surface area contributed by atoms with E-state index >= 15 is 0 Å². The topological polar surface area (TPSA) is 50.4 Å². The average molecular weight is 284 g/mol. The van der Waals surface area contributed by atoms with E-state index in [1.54, 1.807) is 7.11 Å². The number of amides is 1. The van der Waals surface area contributed by atoms with E-state index in [9.17, 15) is 4.79 Å². The minimum absolute atomic E-state index is 0.0983. The Kier molecular flexibility index (Phi) is 5.35. The third-order valence-corrected chi connectivity index (χ3v) is 3.06. The summed E-state index contributed by atoms with van der Waals surface area (Å²) in [4.78, 5) is 12.1. The fourth-order valence-electron chi connectivity index (χ4n) is 1.96. The molecule has 21 heavy (non-hydrogen) atoms. The number of nitrogens with one attached hydrogen (secondary N) is 2. The maximum atomic E-state index is 12.1. The summed E-state index contributed by atoms with van der Waals surface area (Å²) in [6.07, 6.45) is 0. The van der Waals surface area contributed by atoms with Crippen LogP contribution in [-0.2, 0) is 4.74 Å². The Balaban J connectivity index is 1.95. The van der Waals surface area contributed by atoms with Gasteiger partial charge in [0, 0.05) is 30.6 Å². The second-order valence-corrected chi connectivity index (χ2v) is 4.82. The van der Waals surface area contributed by atoms with Crippen molar-refractivity contribution in [1.82, 2.24) is 0 Å². The lowest BCUT2D eigenvalue weighted by Crippen LogP contribution is -2.12. The highest BCUT2D eigenvalue weighted by molar-refractivity contribution is 6.04. The second kappa shape index (κ2) is 7.45. The quantitative estimate of drug-likeness (QED) is 0.800. The molecule has 0 fully saturated rings. The van der Waals surface area contributed by atoms with Crippen LogP contribution in [0.2, 0.25) is 0 Å². The van der Waals surface area contributed by atoms with Crippen molar-refractivity contribution < 1.29 is 9.53 Å². The molecule has 0 unspecified atom stereocenters. The minimum Gasteiger partial charge on any atom is -0.383 e. The number of carbonyl (C=O) groups is 1. The van der Waals surface area contributed by atoms with Crippen LogP contribution in [-0.4, -0.2) is 26.2 Å². The summed E-state index contributed by atoms with van der Waals surface area (Å²) in [5.74, 6) is -0.0983. The first-order chi connectivity index (χ1) is 10.2. The van der Waals surface area contributed by atoms with Crippen LogP contribution in [0.25, 0.3) is 0 Å². The molecule has 0 atom stereocenters. The van der Waals surface area contributed by atoms with Crippen molar-refractivity contribution >= 4 is 17.3 Å². The van der Waals surface area contributed by atoms with Gasteiger partial charge in [-0.25, -0.2) is 0 Å². The highest BCUT2D eigenvalue weighted by atomic mass is 16.5. The smallest absolute Gasteiger partial charge is 0.255 e. The zero-order chi connectivity index (χ0) is 15.1. The molecule has 0 aromatic heterocycles. The molecule has 0 saturated heterocycles. The second-order valence-electron chi connectivity index (χ2n) is 4.82. The molecule has 4 nitrogen and oxygen atoms in total. The SMILES string of the molecule is COCCNc1ccc(NC(=O)c2cccc(C)c2)cc1. The number of ether oxygens (including phenoxy) is 1. The molecule has 0 aliphatic carbocycles. The Morgan fingerprint density at radius 1 is 1.10 bits per heavy atom. The van der Waals surface area contributed by atoms with Crippen molar-refractivity contribution in [2.45, 2.75) is 6.92 Å². The number of anilines is 2. The van der Waals surface area contributed by atoms with Gasteiger partial charge < -0.3 is 15.4 Å². The lowest BCUT2D eigenvalue weighted by molar-refractivity contribution is 0.102. The molecule has 0 radical (unpaired) electrons. The predicted octanol–water partition coefficient (Wildman–Crippen LogP) is 3.31. The third-order valence-electron chi connectivity index (χ3n) is 3.06. The highest BCUT2D eigenvalue weighted by Crippen LogP contribution is 2.15. The number of aryl methyl sites for hydroxylation is 1. The maximum absolute atomic E-state index is 12.1. The molecule has 2 aromatic carbocycles. The van der Waals surface area contributed by atoms with Gasteiger partial charge in [-0.3, -0.25) is 4.79 Å². The summed E-state index contributed by atoms with van der Waals surface area (Å²) < 4.78 is 4.98. The number of methoxy groups -OCH3 is 1. The Hall–Kier alpha value is -2.33. The summed E-state index contributed by atoms with van der Waals surface area (Å²) in [6, 6.07) is 15.2. The molecule has 0 spiro atoms. The molecule has 2 rings (SSSR count). The first-order valence-corrected chi connectivity index (χ1v) is 6.90. The average Bonchev–Trinajstić information content (AvgIpc) is 2.49. The summed E-state index contributed by atoms with van der Waals surface area (Å²) >= 11 is 0. The van der Waals surface area contributed by atoms with Gasteiger partial charge in [-0.15, -0.1) is 0 Å². The highest BCUT2D eigenvalue weighted by Gasteiger charge is 2.05. The predicted molar refractivity (Wildman–Crippen MR) is 85.9 cm³/mol. The van der Waals surface area contributed by atoms with E-state index in [1.165, 1.54) is 0 Å². The zero-order valence-electron chi connectivity index (χ0n) is 12.3. The Morgan fingerprint density at radius 2 is 1.81 bits per heavy atom. The van der Waals surface area contributed by atoms with Gasteiger partial charge in [0.15, 0.2) is 0 Å². The number of carbonyl (C=O) groups excluding carboxylic acids is 1. The van der Waals surface area contributed by atoms with Crippen LogP contribution in [0, 0.1) is 6.92 Å². The summed E-state index contributed by atoms with van der Waals surface area (Å²) in [5, 5.41) is 6.12. The van der Waals surface area contributed by atoms with Crippen LogP contribution in [0.5, 0.6) is 0 Å². The lowest BCUT2D eigenvalue weighted by atomic mass is 10.1. The van der Waals surface area contributed by atoms with Crippen LogP contribution in [0.15, 0.2) is 48.5 Å². The van der Waals surface area contributed by atoms with E-state index < -0.39 is 0 Å². The van der Waals surface area contributed by atoms with Gasteiger partial charge in [0.2, 0.25) is 0 Å². The van der Waals surface area contributed by atoms with Gasteiger partial charge in [-0.05, 0) is 43.3 Å². The molecular weight excluding hydrogens is 264 g/mol. The van der Waals surface area contributed by atoms with Crippen LogP contribution in [0.3, 0.4) is 0 Å². The van der Waals surface area contributed by atoms with Crippen LogP contribution < -0.4 is 10.6 Å². The Labute approximate surface area is 125 Å². The summed E-state index contributed by atoms with van der Waals surface area (Å²) in [6.45, 7) is 3.38. The van der Waals surface area contributed by atoms with E-state index in [-0.39, 0.29) is 5.91 Å². The summed E-state index contributed by atoms with van der Waals surface area (Å²) in [5.41, 5.74) is 3.51. The molecule has 2 N–H and O–H groups in total. The minimum atomic E-state index is -0.0983. The van der Waals surface area contributed by atoms with Gasteiger partial charge >= 0.3 is 0 Å². The van der Waals surface area contributed by atoms with E-state index in [0.717, 1.165) is 23.5 Å². The van der Waals surface area contributed by atoms with Crippen molar-refractivity contribution in [2.75, 3.05) is 30.9 Å². The van der Waals surface area contributed by atoms with Gasteiger partial charge in [0.05, 0.1) is 6.61 Å². The number of hydrogen-bond donors (Lipinski definition) is 2.